The Kier molecular flexibility index (Phi) is 4.32. The highest BCUT2D eigenvalue weighted by molar-refractivity contribution is 5.78. The van der Waals surface area contributed by atoms with Gasteiger partial charge in [-0.3, -0.25) is 14.6 Å². The molecule has 2 aliphatic rings. The Morgan fingerprint density at radius 3 is 2.04 bits per heavy atom. The van der Waals surface area contributed by atoms with E-state index in [1.54, 1.807) is 0 Å². The summed E-state index contributed by atoms with van der Waals surface area (Å²) in [4.78, 5) is 16.4. The number of likely N-dealkylation sites (tertiary alicyclic amines) is 1. The van der Waals surface area contributed by atoms with Crippen molar-refractivity contribution in [3.05, 3.63) is 71.8 Å². The summed E-state index contributed by atoms with van der Waals surface area (Å²) in [7, 11) is 0. The fraction of sp³-hybridized carbons (Fsp3) is 0.350. The second-order valence-corrected chi connectivity index (χ2v) is 6.65. The molecule has 2 aromatic carbocycles. The highest BCUT2D eigenvalue weighted by Gasteiger charge is 2.38. The highest BCUT2D eigenvalue weighted by Crippen LogP contribution is 2.33. The molecule has 0 atom stereocenters. The van der Waals surface area contributed by atoms with Gasteiger partial charge in [0.25, 0.3) is 0 Å². The predicted molar refractivity (Wildman–Crippen MR) is 94.7 cm³/mol. The van der Waals surface area contributed by atoms with Crippen molar-refractivity contribution in [1.29, 1.82) is 0 Å². The third kappa shape index (κ3) is 3.07. The summed E-state index contributed by atoms with van der Waals surface area (Å²) in [6.45, 7) is 4.31. The van der Waals surface area contributed by atoms with Gasteiger partial charge in [-0.2, -0.15) is 0 Å². The Morgan fingerprint density at radius 2 is 1.50 bits per heavy atom. The van der Waals surface area contributed by atoms with Crippen LogP contribution in [0.2, 0.25) is 0 Å². The van der Waals surface area contributed by atoms with Crippen LogP contribution >= 0.6 is 0 Å². The lowest BCUT2D eigenvalue weighted by atomic mass is 9.92. The summed E-state index contributed by atoms with van der Waals surface area (Å²) in [6.07, 6.45) is 0. The normalized spacial score (nSPS) is 20.0. The Bertz CT molecular complexity index is 643. The van der Waals surface area contributed by atoms with Crippen LogP contribution in [0.3, 0.4) is 0 Å². The molecule has 124 valence electrons. The van der Waals surface area contributed by atoms with Gasteiger partial charge in [0.15, 0.2) is 0 Å². The van der Waals surface area contributed by atoms with E-state index in [2.05, 4.69) is 75.8 Å². The van der Waals surface area contributed by atoms with Gasteiger partial charge in [0.05, 0.1) is 12.6 Å². The maximum absolute atomic E-state index is 11.6. The van der Waals surface area contributed by atoms with Gasteiger partial charge in [-0.15, -0.1) is 0 Å². The van der Waals surface area contributed by atoms with E-state index in [1.165, 1.54) is 11.1 Å². The smallest absolute Gasteiger partial charge is 0.234 e. The average molecular weight is 321 g/mol. The third-order valence-corrected chi connectivity index (χ3v) is 5.07. The first-order chi connectivity index (χ1) is 11.8. The molecule has 0 bridgehead atoms. The summed E-state index contributed by atoms with van der Waals surface area (Å²) in [6, 6.07) is 22.2. The Labute approximate surface area is 143 Å². The minimum atomic E-state index is 0.155. The van der Waals surface area contributed by atoms with E-state index in [0.29, 0.717) is 18.6 Å². The van der Waals surface area contributed by atoms with Crippen LogP contribution in [0.4, 0.5) is 0 Å². The molecule has 0 unspecified atom stereocenters. The average Bonchev–Trinajstić information content (AvgIpc) is 2.59. The van der Waals surface area contributed by atoms with Gasteiger partial charge < -0.3 is 5.32 Å². The quantitative estimate of drug-likeness (QED) is 0.934. The Balaban J connectivity index is 1.51. The number of carbonyl (C=O) groups is 1. The molecule has 1 N–H and O–H groups in total. The third-order valence-electron chi connectivity index (χ3n) is 5.07. The van der Waals surface area contributed by atoms with Gasteiger partial charge in [-0.1, -0.05) is 60.7 Å². The number of nitrogens with zero attached hydrogens (tertiary/aromatic N) is 2. The molecule has 2 aliphatic heterocycles. The van der Waals surface area contributed by atoms with E-state index in [1.807, 2.05) is 0 Å². The van der Waals surface area contributed by atoms with Crippen LogP contribution in [0, 0.1) is 0 Å². The van der Waals surface area contributed by atoms with Crippen molar-refractivity contribution in [3.8, 4) is 0 Å². The SMILES string of the molecule is O=C1CN(C2CN(C(c3ccccc3)c3ccccc3)C2)CCN1. The summed E-state index contributed by atoms with van der Waals surface area (Å²) in [5, 5.41) is 2.91. The largest absolute Gasteiger partial charge is 0.354 e. The van der Waals surface area contributed by atoms with Crippen LogP contribution in [0.5, 0.6) is 0 Å². The zero-order valence-corrected chi connectivity index (χ0v) is 13.8. The molecule has 1 amide bonds. The molecule has 2 aromatic rings. The van der Waals surface area contributed by atoms with E-state index < -0.39 is 0 Å². The predicted octanol–water partition coefficient (Wildman–Crippen LogP) is 1.89. The number of carbonyl (C=O) groups excluding carboxylic acids is 1. The lowest BCUT2D eigenvalue weighted by Gasteiger charge is -2.49. The van der Waals surface area contributed by atoms with Gasteiger partial charge in [0.1, 0.15) is 0 Å². The van der Waals surface area contributed by atoms with Gasteiger partial charge in [-0.25, -0.2) is 0 Å². The first-order valence-electron chi connectivity index (χ1n) is 8.66. The van der Waals surface area contributed by atoms with E-state index in [0.717, 1.165) is 26.2 Å². The molecule has 0 aliphatic carbocycles. The summed E-state index contributed by atoms with van der Waals surface area (Å²) in [5.41, 5.74) is 2.66. The first-order valence-corrected chi connectivity index (χ1v) is 8.66. The van der Waals surface area contributed by atoms with Gasteiger partial charge in [0.2, 0.25) is 5.91 Å². The molecular weight excluding hydrogens is 298 g/mol. The van der Waals surface area contributed by atoms with Crippen LogP contribution in [-0.4, -0.2) is 54.5 Å². The molecule has 24 heavy (non-hydrogen) atoms. The van der Waals surface area contributed by atoms with Crippen LogP contribution in [0.15, 0.2) is 60.7 Å². The van der Waals surface area contributed by atoms with Gasteiger partial charge in [-0.05, 0) is 11.1 Å². The molecule has 4 heteroatoms. The molecule has 2 fully saturated rings. The minimum absolute atomic E-state index is 0.155. The molecule has 4 nitrogen and oxygen atoms in total. The topological polar surface area (TPSA) is 35.6 Å². The zero-order chi connectivity index (χ0) is 16.4. The van der Waals surface area contributed by atoms with Crippen molar-refractivity contribution >= 4 is 5.91 Å². The summed E-state index contributed by atoms with van der Waals surface area (Å²) >= 11 is 0. The fourth-order valence-electron chi connectivity index (χ4n) is 3.78. The molecule has 0 aromatic heterocycles. The highest BCUT2D eigenvalue weighted by atomic mass is 16.2. The molecule has 0 saturated carbocycles. The van der Waals surface area contributed by atoms with Crippen LogP contribution in [0.1, 0.15) is 17.2 Å². The van der Waals surface area contributed by atoms with Crippen molar-refractivity contribution < 1.29 is 4.79 Å². The Morgan fingerprint density at radius 1 is 0.917 bits per heavy atom. The van der Waals surface area contributed by atoms with Crippen LogP contribution < -0.4 is 5.32 Å². The van der Waals surface area contributed by atoms with Crippen molar-refractivity contribution in [2.45, 2.75) is 12.1 Å². The van der Waals surface area contributed by atoms with E-state index >= 15 is 0 Å². The van der Waals surface area contributed by atoms with Crippen molar-refractivity contribution in [2.24, 2.45) is 0 Å². The molecule has 4 rings (SSSR count). The van der Waals surface area contributed by atoms with Crippen LogP contribution in [-0.2, 0) is 4.79 Å². The molecule has 0 spiro atoms. The summed E-state index contributed by atoms with van der Waals surface area (Å²) in [5.74, 6) is 0.155. The number of nitrogens with one attached hydrogen (secondary N) is 1. The number of hydrogen-bond acceptors (Lipinski definition) is 3. The maximum atomic E-state index is 11.6. The van der Waals surface area contributed by atoms with Crippen LogP contribution in [0.25, 0.3) is 0 Å². The monoisotopic (exact) mass is 321 g/mol. The number of benzene rings is 2. The number of amides is 1. The lowest BCUT2D eigenvalue weighted by Crippen LogP contribution is -2.64. The number of rotatable bonds is 4. The molecule has 2 heterocycles. The van der Waals surface area contributed by atoms with E-state index in [4.69, 9.17) is 0 Å². The Hall–Kier alpha value is -2.17. The van der Waals surface area contributed by atoms with Gasteiger partial charge in [0, 0.05) is 32.2 Å². The number of piperazine rings is 1. The zero-order valence-electron chi connectivity index (χ0n) is 13.8. The van der Waals surface area contributed by atoms with E-state index in [-0.39, 0.29) is 5.91 Å². The molecular formula is C20H23N3O. The molecule has 0 radical (unpaired) electrons. The van der Waals surface area contributed by atoms with Crippen molar-refractivity contribution in [2.75, 3.05) is 32.7 Å². The lowest BCUT2D eigenvalue weighted by molar-refractivity contribution is -0.126. The second kappa shape index (κ2) is 6.75. The van der Waals surface area contributed by atoms with Gasteiger partial charge >= 0.3 is 0 Å². The fourth-order valence-corrected chi connectivity index (χ4v) is 3.78. The first kappa shape index (κ1) is 15.4. The number of hydrogen-bond donors (Lipinski definition) is 1. The van der Waals surface area contributed by atoms with E-state index in [9.17, 15) is 4.79 Å². The second-order valence-electron chi connectivity index (χ2n) is 6.65. The standard InChI is InChI=1S/C20H23N3O/c24-19-15-22(12-11-21-19)18-13-23(14-18)20(16-7-3-1-4-8-16)17-9-5-2-6-10-17/h1-10,18,20H,11-15H2,(H,21,24). The maximum Gasteiger partial charge on any atom is 0.234 e. The minimum Gasteiger partial charge on any atom is -0.354 e. The van der Waals surface area contributed by atoms with Crippen molar-refractivity contribution in [3.63, 3.8) is 0 Å². The van der Waals surface area contributed by atoms with Crippen molar-refractivity contribution in [1.82, 2.24) is 15.1 Å². The summed E-state index contributed by atoms with van der Waals surface area (Å²) < 4.78 is 0. The molecule has 2 saturated heterocycles.